The van der Waals surface area contributed by atoms with Gasteiger partial charge in [0, 0.05) is 44.1 Å². The molecular formula is C20H25N9O3. The number of morpholine rings is 1. The Labute approximate surface area is 184 Å². The van der Waals surface area contributed by atoms with Crippen LogP contribution in [0.25, 0.3) is 22.4 Å². The number of imidazole rings is 1. The van der Waals surface area contributed by atoms with Gasteiger partial charge in [0.15, 0.2) is 5.65 Å². The monoisotopic (exact) mass is 439 g/mol. The topological polar surface area (TPSA) is 148 Å². The number of nitrogens with two attached hydrogens (primary N) is 1. The van der Waals surface area contributed by atoms with Gasteiger partial charge in [-0.3, -0.25) is 4.79 Å². The van der Waals surface area contributed by atoms with Gasteiger partial charge in [-0.1, -0.05) is 0 Å². The van der Waals surface area contributed by atoms with Crippen molar-refractivity contribution in [2.24, 2.45) is 0 Å². The van der Waals surface area contributed by atoms with Gasteiger partial charge in [0.05, 0.1) is 25.6 Å². The van der Waals surface area contributed by atoms with Gasteiger partial charge in [-0.05, 0) is 13.3 Å². The van der Waals surface area contributed by atoms with Gasteiger partial charge in [-0.15, -0.1) is 0 Å². The fraction of sp³-hybridized carbons (Fsp3) is 0.500. The molecule has 0 spiro atoms. The summed E-state index contributed by atoms with van der Waals surface area (Å²) in [7, 11) is 0. The zero-order chi connectivity index (χ0) is 22.2. The van der Waals surface area contributed by atoms with E-state index >= 15 is 0 Å². The summed E-state index contributed by atoms with van der Waals surface area (Å²) in [5.74, 6) is 0.511. The molecule has 2 aliphatic rings. The second-order valence-corrected chi connectivity index (χ2v) is 8.03. The molecule has 2 fully saturated rings. The molecule has 0 radical (unpaired) electrons. The maximum atomic E-state index is 12.2. The van der Waals surface area contributed by atoms with Crippen molar-refractivity contribution in [3.63, 3.8) is 0 Å². The number of nitrogens with zero attached hydrogens (tertiary/aromatic N) is 8. The van der Waals surface area contributed by atoms with Gasteiger partial charge in [0.25, 0.3) is 5.91 Å². The summed E-state index contributed by atoms with van der Waals surface area (Å²) in [5, 5.41) is 9.67. The van der Waals surface area contributed by atoms with E-state index < -0.39 is 6.10 Å². The SMILES string of the molecule is C[C@H](O)C(=O)N1CCC(n2cnc3c(-c4cnc(N)nc4)nc(N4CCOCC4)nc32)C1. The minimum absolute atomic E-state index is 0.00524. The summed E-state index contributed by atoms with van der Waals surface area (Å²) in [5.41, 5.74) is 8.31. The average Bonchev–Trinajstić information content (AvgIpc) is 3.46. The Hall–Kier alpha value is -3.38. The molecule has 0 saturated carbocycles. The van der Waals surface area contributed by atoms with Crippen molar-refractivity contribution < 1.29 is 14.6 Å². The van der Waals surface area contributed by atoms with Crippen molar-refractivity contribution in [3.8, 4) is 11.3 Å². The number of nitrogen functional groups attached to an aromatic ring is 1. The normalized spacial score (nSPS) is 20.1. The number of hydrogen-bond acceptors (Lipinski definition) is 10. The maximum absolute atomic E-state index is 12.2. The summed E-state index contributed by atoms with van der Waals surface area (Å²) >= 11 is 0. The second-order valence-electron chi connectivity index (χ2n) is 8.03. The molecule has 3 aromatic rings. The van der Waals surface area contributed by atoms with Crippen molar-refractivity contribution in [3.05, 3.63) is 18.7 Å². The summed E-state index contributed by atoms with van der Waals surface area (Å²) in [6, 6.07) is 0.00524. The van der Waals surface area contributed by atoms with Crippen LogP contribution >= 0.6 is 0 Å². The predicted molar refractivity (Wildman–Crippen MR) is 116 cm³/mol. The van der Waals surface area contributed by atoms with Crippen LogP contribution in [0.5, 0.6) is 0 Å². The highest BCUT2D eigenvalue weighted by Crippen LogP contribution is 2.31. The van der Waals surface area contributed by atoms with Crippen molar-refractivity contribution in [1.29, 1.82) is 0 Å². The van der Waals surface area contributed by atoms with Crippen molar-refractivity contribution in [2.75, 3.05) is 50.0 Å². The maximum Gasteiger partial charge on any atom is 0.251 e. The molecule has 2 saturated heterocycles. The number of anilines is 2. The van der Waals surface area contributed by atoms with Crippen LogP contribution < -0.4 is 10.6 Å². The van der Waals surface area contributed by atoms with Crippen LogP contribution in [0.4, 0.5) is 11.9 Å². The number of hydrogen-bond donors (Lipinski definition) is 2. The highest BCUT2D eigenvalue weighted by molar-refractivity contribution is 5.88. The lowest BCUT2D eigenvalue weighted by atomic mass is 10.2. The van der Waals surface area contributed by atoms with E-state index in [1.165, 1.54) is 6.92 Å². The fourth-order valence-corrected chi connectivity index (χ4v) is 4.17. The van der Waals surface area contributed by atoms with E-state index in [0.717, 1.165) is 6.42 Å². The number of aromatic nitrogens is 6. The third-order valence-electron chi connectivity index (χ3n) is 5.87. The smallest absolute Gasteiger partial charge is 0.251 e. The molecule has 168 valence electrons. The number of aliphatic hydroxyl groups is 1. The first-order chi connectivity index (χ1) is 15.5. The molecule has 3 aromatic heterocycles. The Morgan fingerprint density at radius 2 is 1.94 bits per heavy atom. The lowest BCUT2D eigenvalue weighted by molar-refractivity contribution is -0.138. The Bertz CT molecular complexity index is 1130. The molecule has 12 heteroatoms. The zero-order valence-corrected chi connectivity index (χ0v) is 17.8. The van der Waals surface area contributed by atoms with Crippen LogP contribution in [0.2, 0.25) is 0 Å². The van der Waals surface area contributed by atoms with Gasteiger partial charge < -0.3 is 29.9 Å². The van der Waals surface area contributed by atoms with Crippen molar-refractivity contribution in [2.45, 2.75) is 25.5 Å². The standard InChI is InChI=1S/C20H25N9O3/c1-12(30)18(31)28-3-2-14(10-28)29-11-24-16-15(13-8-22-19(21)23-9-13)25-20(26-17(16)29)27-4-6-32-7-5-27/h8-9,11-12,14,30H,2-7,10H2,1H3,(H2,21,22,23)/t12-,14?/m0/s1. The van der Waals surface area contributed by atoms with Gasteiger partial charge in [-0.2, -0.15) is 4.98 Å². The highest BCUT2D eigenvalue weighted by Gasteiger charge is 2.31. The van der Waals surface area contributed by atoms with E-state index in [1.807, 2.05) is 4.57 Å². The summed E-state index contributed by atoms with van der Waals surface area (Å²) in [4.78, 5) is 38.5. The van der Waals surface area contributed by atoms with Crippen LogP contribution in [-0.4, -0.2) is 90.9 Å². The van der Waals surface area contributed by atoms with Crippen LogP contribution in [0.15, 0.2) is 18.7 Å². The van der Waals surface area contributed by atoms with E-state index in [4.69, 9.17) is 20.4 Å². The molecule has 2 aliphatic heterocycles. The van der Waals surface area contributed by atoms with Crippen LogP contribution in [-0.2, 0) is 9.53 Å². The lowest BCUT2D eigenvalue weighted by Crippen LogP contribution is -2.37. The second kappa shape index (κ2) is 8.28. The molecule has 1 unspecified atom stereocenters. The number of carbonyl (C=O) groups is 1. The van der Waals surface area contributed by atoms with Crippen LogP contribution in [0.1, 0.15) is 19.4 Å². The molecule has 0 aliphatic carbocycles. The number of carbonyl (C=O) groups excluding carboxylic acids is 1. The molecule has 5 rings (SSSR count). The zero-order valence-electron chi connectivity index (χ0n) is 17.8. The summed E-state index contributed by atoms with van der Waals surface area (Å²) in [6.45, 7) is 5.17. The predicted octanol–water partition coefficient (Wildman–Crippen LogP) is -0.144. The fourth-order valence-electron chi connectivity index (χ4n) is 4.17. The molecule has 0 aromatic carbocycles. The minimum Gasteiger partial charge on any atom is -0.384 e. The molecule has 2 atom stereocenters. The van der Waals surface area contributed by atoms with E-state index in [9.17, 15) is 9.90 Å². The Balaban J connectivity index is 1.57. The summed E-state index contributed by atoms with van der Waals surface area (Å²) in [6.07, 6.45) is 4.74. The van der Waals surface area contributed by atoms with E-state index in [1.54, 1.807) is 23.6 Å². The summed E-state index contributed by atoms with van der Waals surface area (Å²) < 4.78 is 7.47. The molecule has 3 N–H and O–H groups in total. The van der Waals surface area contributed by atoms with Crippen molar-refractivity contribution >= 4 is 29.0 Å². The van der Waals surface area contributed by atoms with E-state index in [-0.39, 0.29) is 17.9 Å². The number of amides is 1. The number of rotatable bonds is 4. The first-order valence-electron chi connectivity index (χ1n) is 10.6. The molecular weight excluding hydrogens is 414 g/mol. The van der Waals surface area contributed by atoms with Crippen LogP contribution in [0.3, 0.4) is 0 Å². The Morgan fingerprint density at radius 3 is 2.66 bits per heavy atom. The third-order valence-corrected chi connectivity index (χ3v) is 5.87. The number of ether oxygens (including phenoxy) is 1. The van der Waals surface area contributed by atoms with Gasteiger partial charge >= 0.3 is 0 Å². The van der Waals surface area contributed by atoms with Gasteiger partial charge in [0.2, 0.25) is 11.9 Å². The lowest BCUT2D eigenvalue weighted by Gasteiger charge is -2.27. The molecule has 32 heavy (non-hydrogen) atoms. The molecule has 1 amide bonds. The van der Waals surface area contributed by atoms with E-state index in [0.29, 0.717) is 67.8 Å². The molecule has 0 bridgehead atoms. The largest absolute Gasteiger partial charge is 0.384 e. The average molecular weight is 439 g/mol. The van der Waals surface area contributed by atoms with Gasteiger partial charge in [-0.25, -0.2) is 19.9 Å². The third kappa shape index (κ3) is 3.71. The molecule has 12 nitrogen and oxygen atoms in total. The van der Waals surface area contributed by atoms with Gasteiger partial charge in [0.1, 0.15) is 17.3 Å². The first-order valence-corrected chi connectivity index (χ1v) is 10.6. The number of fused-ring (bicyclic) bond motifs is 1. The minimum atomic E-state index is -1.01. The number of aliphatic hydroxyl groups excluding tert-OH is 1. The highest BCUT2D eigenvalue weighted by atomic mass is 16.5. The number of likely N-dealkylation sites (tertiary alicyclic amines) is 1. The van der Waals surface area contributed by atoms with E-state index in [2.05, 4.69) is 19.9 Å². The first kappa shape index (κ1) is 20.5. The van der Waals surface area contributed by atoms with Crippen LogP contribution in [0, 0.1) is 0 Å². The van der Waals surface area contributed by atoms with Crippen molar-refractivity contribution in [1.82, 2.24) is 34.4 Å². The quantitative estimate of drug-likeness (QED) is 0.562. The molecule has 5 heterocycles. The Morgan fingerprint density at radius 1 is 1.19 bits per heavy atom. The Kier molecular flexibility index (Phi) is 5.31.